The first-order valence-electron chi connectivity index (χ1n) is 6.39. The Labute approximate surface area is 117 Å². The fourth-order valence-corrected chi connectivity index (χ4v) is 2.38. The monoisotopic (exact) mass is 282 g/mol. The number of likely N-dealkylation sites (tertiary alicyclic amines) is 1. The van der Waals surface area contributed by atoms with E-state index in [-0.39, 0.29) is 11.7 Å². The van der Waals surface area contributed by atoms with Crippen molar-refractivity contribution in [2.45, 2.75) is 12.8 Å². The Balaban J connectivity index is 1.74. The van der Waals surface area contributed by atoms with Crippen molar-refractivity contribution in [2.24, 2.45) is 5.92 Å². The average molecular weight is 283 g/mol. The van der Waals surface area contributed by atoms with Crippen LogP contribution in [-0.2, 0) is 0 Å². The molecule has 0 radical (unpaired) electrons. The molecule has 0 unspecified atom stereocenters. The van der Waals surface area contributed by atoms with Gasteiger partial charge in [0.15, 0.2) is 0 Å². The van der Waals surface area contributed by atoms with Crippen molar-refractivity contribution in [3.05, 3.63) is 29.0 Å². The lowest BCUT2D eigenvalue weighted by molar-refractivity contribution is 0.169. The van der Waals surface area contributed by atoms with E-state index in [0.717, 1.165) is 32.5 Å². The summed E-state index contributed by atoms with van der Waals surface area (Å²) in [6.07, 6.45) is 1.85. The third-order valence-corrected chi connectivity index (χ3v) is 3.62. The standard InChI is InChI=1S/C14H16ClFN2O/c15-13-9-12(16)1-2-14(13)19-8-7-18-5-3-11(10-17)4-6-18/h1-2,9,11H,3-8H2. The van der Waals surface area contributed by atoms with Crippen LogP contribution in [0.3, 0.4) is 0 Å². The Bertz CT molecular complexity index is 467. The third kappa shape index (κ3) is 4.09. The first-order chi connectivity index (χ1) is 9.19. The molecule has 0 bridgehead atoms. The van der Waals surface area contributed by atoms with Crippen LogP contribution in [-0.4, -0.2) is 31.1 Å². The SMILES string of the molecule is N#CC1CCN(CCOc2ccc(F)cc2Cl)CC1. The van der Waals surface area contributed by atoms with E-state index >= 15 is 0 Å². The minimum Gasteiger partial charge on any atom is -0.491 e. The number of halogens is 2. The first kappa shape index (κ1) is 14.1. The van der Waals surface area contributed by atoms with E-state index < -0.39 is 0 Å². The van der Waals surface area contributed by atoms with Crippen LogP contribution < -0.4 is 4.74 Å². The molecule has 3 nitrogen and oxygen atoms in total. The number of hydrogen-bond donors (Lipinski definition) is 0. The fourth-order valence-electron chi connectivity index (χ4n) is 2.16. The Morgan fingerprint density at radius 3 is 2.79 bits per heavy atom. The zero-order chi connectivity index (χ0) is 13.7. The van der Waals surface area contributed by atoms with Crippen LogP contribution in [0.2, 0.25) is 5.02 Å². The van der Waals surface area contributed by atoms with Gasteiger partial charge in [0.25, 0.3) is 0 Å². The van der Waals surface area contributed by atoms with E-state index in [9.17, 15) is 4.39 Å². The molecular weight excluding hydrogens is 267 g/mol. The molecule has 1 aromatic carbocycles. The number of rotatable bonds is 4. The Hall–Kier alpha value is -1.31. The zero-order valence-electron chi connectivity index (χ0n) is 10.6. The zero-order valence-corrected chi connectivity index (χ0v) is 11.4. The van der Waals surface area contributed by atoms with Gasteiger partial charge in [0.2, 0.25) is 0 Å². The summed E-state index contributed by atoms with van der Waals surface area (Å²) in [6, 6.07) is 6.43. The predicted molar refractivity (Wildman–Crippen MR) is 71.7 cm³/mol. The number of nitrogens with zero attached hydrogens (tertiary/aromatic N) is 2. The third-order valence-electron chi connectivity index (χ3n) is 3.33. The van der Waals surface area contributed by atoms with Gasteiger partial charge in [0.1, 0.15) is 18.2 Å². The maximum absolute atomic E-state index is 12.9. The highest BCUT2D eigenvalue weighted by atomic mass is 35.5. The summed E-state index contributed by atoms with van der Waals surface area (Å²) in [7, 11) is 0. The molecule has 0 amide bonds. The van der Waals surface area contributed by atoms with Crippen LogP contribution in [0.5, 0.6) is 5.75 Å². The maximum Gasteiger partial charge on any atom is 0.138 e. The molecule has 0 aromatic heterocycles. The lowest BCUT2D eigenvalue weighted by Gasteiger charge is -2.28. The molecule has 1 aromatic rings. The number of hydrogen-bond acceptors (Lipinski definition) is 3. The normalized spacial score (nSPS) is 17.1. The van der Waals surface area contributed by atoms with Crippen molar-refractivity contribution in [1.82, 2.24) is 4.90 Å². The molecule has 1 saturated heterocycles. The lowest BCUT2D eigenvalue weighted by Crippen LogP contribution is -2.36. The molecule has 0 atom stereocenters. The lowest BCUT2D eigenvalue weighted by atomic mass is 9.99. The fraction of sp³-hybridized carbons (Fsp3) is 0.500. The summed E-state index contributed by atoms with van der Waals surface area (Å²) in [5.41, 5.74) is 0. The van der Waals surface area contributed by atoms with E-state index in [0.29, 0.717) is 17.4 Å². The molecule has 19 heavy (non-hydrogen) atoms. The van der Waals surface area contributed by atoms with Crippen LogP contribution in [0.25, 0.3) is 0 Å². The average Bonchev–Trinajstić information content (AvgIpc) is 2.42. The van der Waals surface area contributed by atoms with E-state index in [4.69, 9.17) is 21.6 Å². The van der Waals surface area contributed by atoms with Crippen molar-refractivity contribution >= 4 is 11.6 Å². The maximum atomic E-state index is 12.9. The summed E-state index contributed by atoms with van der Waals surface area (Å²) in [4.78, 5) is 2.27. The Morgan fingerprint density at radius 2 is 2.16 bits per heavy atom. The summed E-state index contributed by atoms with van der Waals surface area (Å²) in [5.74, 6) is 0.342. The summed E-state index contributed by atoms with van der Waals surface area (Å²) in [5, 5.41) is 9.11. The van der Waals surface area contributed by atoms with E-state index in [1.54, 1.807) is 6.07 Å². The minimum absolute atomic E-state index is 0.198. The second-order valence-corrected chi connectivity index (χ2v) is 5.08. The van der Waals surface area contributed by atoms with E-state index in [1.807, 2.05) is 0 Å². The van der Waals surface area contributed by atoms with Gasteiger partial charge in [0, 0.05) is 12.5 Å². The van der Waals surface area contributed by atoms with Crippen molar-refractivity contribution < 1.29 is 9.13 Å². The Kier molecular flexibility index (Phi) is 5.00. The number of piperidine rings is 1. The van der Waals surface area contributed by atoms with Gasteiger partial charge in [-0.1, -0.05) is 11.6 Å². The van der Waals surface area contributed by atoms with Crippen LogP contribution in [0.4, 0.5) is 4.39 Å². The van der Waals surface area contributed by atoms with Gasteiger partial charge in [-0.25, -0.2) is 4.39 Å². The summed E-state index contributed by atoms with van der Waals surface area (Å²) >= 11 is 5.87. The molecule has 0 N–H and O–H groups in total. The molecule has 2 rings (SSSR count). The molecule has 1 heterocycles. The van der Waals surface area contributed by atoms with Crippen molar-refractivity contribution in [2.75, 3.05) is 26.2 Å². The number of nitriles is 1. The van der Waals surface area contributed by atoms with Crippen molar-refractivity contribution in [1.29, 1.82) is 5.26 Å². The highest BCUT2D eigenvalue weighted by molar-refractivity contribution is 6.32. The molecular formula is C14H16ClFN2O. The molecule has 1 aliphatic rings. The van der Waals surface area contributed by atoms with Gasteiger partial charge in [-0.2, -0.15) is 5.26 Å². The predicted octanol–water partition coefficient (Wildman–Crippen LogP) is 3.09. The highest BCUT2D eigenvalue weighted by Gasteiger charge is 2.18. The molecule has 0 spiro atoms. The molecule has 102 valence electrons. The molecule has 1 aliphatic heterocycles. The molecule has 1 fully saturated rings. The van der Waals surface area contributed by atoms with Gasteiger partial charge in [-0.05, 0) is 44.1 Å². The largest absolute Gasteiger partial charge is 0.491 e. The molecule has 0 aliphatic carbocycles. The molecule has 0 saturated carbocycles. The summed E-state index contributed by atoms with van der Waals surface area (Å²) < 4.78 is 18.4. The van der Waals surface area contributed by atoms with Gasteiger partial charge in [-0.15, -0.1) is 0 Å². The van der Waals surface area contributed by atoms with Crippen LogP contribution in [0.1, 0.15) is 12.8 Å². The van der Waals surface area contributed by atoms with Crippen molar-refractivity contribution in [3.8, 4) is 11.8 Å². The van der Waals surface area contributed by atoms with E-state index in [2.05, 4.69) is 11.0 Å². The number of benzene rings is 1. The number of ether oxygens (including phenoxy) is 1. The quantitative estimate of drug-likeness (QED) is 0.851. The smallest absolute Gasteiger partial charge is 0.138 e. The Morgan fingerprint density at radius 1 is 1.42 bits per heavy atom. The van der Waals surface area contributed by atoms with Crippen molar-refractivity contribution in [3.63, 3.8) is 0 Å². The second-order valence-electron chi connectivity index (χ2n) is 4.67. The van der Waals surface area contributed by atoms with Crippen LogP contribution in [0.15, 0.2) is 18.2 Å². The first-order valence-corrected chi connectivity index (χ1v) is 6.76. The van der Waals surface area contributed by atoms with Crippen LogP contribution >= 0.6 is 11.6 Å². The van der Waals surface area contributed by atoms with Crippen LogP contribution in [0, 0.1) is 23.1 Å². The van der Waals surface area contributed by atoms with Gasteiger partial charge in [-0.3, -0.25) is 4.90 Å². The highest BCUT2D eigenvalue weighted by Crippen LogP contribution is 2.24. The van der Waals surface area contributed by atoms with Gasteiger partial charge >= 0.3 is 0 Å². The van der Waals surface area contributed by atoms with E-state index in [1.165, 1.54) is 12.1 Å². The van der Waals surface area contributed by atoms with Gasteiger partial charge in [0.05, 0.1) is 11.1 Å². The topological polar surface area (TPSA) is 36.3 Å². The van der Waals surface area contributed by atoms with Gasteiger partial charge < -0.3 is 4.74 Å². The summed E-state index contributed by atoms with van der Waals surface area (Å²) in [6.45, 7) is 3.17. The second kappa shape index (κ2) is 6.74. The minimum atomic E-state index is -0.365. The molecule has 5 heteroatoms.